The third-order valence-corrected chi connectivity index (χ3v) is 15.8. The van der Waals surface area contributed by atoms with E-state index in [1.807, 2.05) is 73.3 Å². The van der Waals surface area contributed by atoms with Crippen molar-refractivity contribution in [1.29, 1.82) is 0 Å². The van der Waals surface area contributed by atoms with Crippen molar-refractivity contribution in [3.63, 3.8) is 0 Å². The number of fused-ring (bicyclic) bond motifs is 2. The van der Waals surface area contributed by atoms with Gasteiger partial charge in [0.15, 0.2) is 34.9 Å². The van der Waals surface area contributed by atoms with Crippen LogP contribution in [0.25, 0.3) is 167 Å². The van der Waals surface area contributed by atoms with Crippen LogP contribution in [0.5, 0.6) is 0 Å². The first-order valence-electron chi connectivity index (χ1n) is 27.7. The SMILES string of the molecule is c1ccc(-c2cc(-c3nc(-c4ccc(-c5cccnc5)cc4)nc(-c4ccc5ncccc5c4)n3)c3ccc4c(-c5ccccc5)cc(-c5nc(-c6ccc(-c7cccnc7)cc6)nc(-c6ccc7ncccc7c6)n5)c5ccc2c3c45)cc1. The van der Waals surface area contributed by atoms with E-state index in [1.165, 1.54) is 0 Å². The Morgan fingerprint density at radius 1 is 0.214 bits per heavy atom. The van der Waals surface area contributed by atoms with E-state index in [0.717, 1.165) is 132 Å². The summed E-state index contributed by atoms with van der Waals surface area (Å²) >= 11 is 0. The van der Waals surface area contributed by atoms with Gasteiger partial charge in [-0.1, -0.05) is 158 Å². The number of hydrogen-bond acceptors (Lipinski definition) is 10. The van der Waals surface area contributed by atoms with Gasteiger partial charge in [0, 0.05) is 81.3 Å². The Morgan fingerprint density at radius 2 is 0.560 bits per heavy atom. The van der Waals surface area contributed by atoms with Crippen LogP contribution in [0.15, 0.2) is 268 Å². The van der Waals surface area contributed by atoms with Gasteiger partial charge in [0.25, 0.3) is 0 Å². The van der Waals surface area contributed by atoms with Crippen molar-refractivity contribution >= 4 is 54.1 Å². The lowest BCUT2D eigenvalue weighted by Crippen LogP contribution is -2.02. The Kier molecular flexibility index (Phi) is 11.6. The van der Waals surface area contributed by atoms with Crippen LogP contribution in [0.3, 0.4) is 0 Å². The van der Waals surface area contributed by atoms with Gasteiger partial charge in [0.2, 0.25) is 0 Å². The Labute approximate surface area is 482 Å². The van der Waals surface area contributed by atoms with Gasteiger partial charge in [0.1, 0.15) is 0 Å². The first kappa shape index (κ1) is 48.3. The first-order chi connectivity index (χ1) is 41.6. The van der Waals surface area contributed by atoms with Crippen LogP contribution < -0.4 is 0 Å². The van der Waals surface area contributed by atoms with Crippen molar-refractivity contribution in [2.24, 2.45) is 0 Å². The molecule has 0 aliphatic carbocycles. The second-order valence-electron chi connectivity index (χ2n) is 20.8. The summed E-state index contributed by atoms with van der Waals surface area (Å²) in [7, 11) is 0. The Bertz CT molecular complexity index is 4830. The third kappa shape index (κ3) is 8.61. The average Bonchev–Trinajstić information content (AvgIpc) is 0.889. The Morgan fingerprint density at radius 3 is 0.964 bits per heavy atom. The predicted octanol–water partition coefficient (Wildman–Crippen LogP) is 17.5. The molecular weight excluding hydrogens is 1030 g/mol. The molecule has 0 radical (unpaired) electrons. The standard InChI is InChI=1S/C74H44N10/c1-3-11-47(12-4-1)61-41-63(73-81-69(49-23-19-45(20-24-49)55-17-7-35-75-43-55)79-71(83-73)53-27-33-65-51(39-53)15-9-37-77-65)59-32-30-58-62(48-13-5-2-6-14-48)42-64(60-31-29-57(61)67(59)68(58)60)74-82-70(50-25-21-46(22-26-50)56-18-8-36-76-44-56)80-72(84-74)54-28-34-66-52(40-54)16-10-38-78-66/h1-44H. The zero-order valence-corrected chi connectivity index (χ0v) is 44.9. The molecule has 0 unspecified atom stereocenters. The molecule has 0 aliphatic rings. The number of nitrogens with zero attached hydrogens (tertiary/aromatic N) is 10. The normalized spacial score (nSPS) is 11.6. The molecule has 0 bridgehead atoms. The molecule has 0 fully saturated rings. The minimum Gasteiger partial charge on any atom is -0.264 e. The monoisotopic (exact) mass is 1070 g/mol. The van der Waals surface area contributed by atoms with Gasteiger partial charge < -0.3 is 0 Å². The summed E-state index contributed by atoms with van der Waals surface area (Å²) in [5.41, 5.74) is 15.3. The van der Waals surface area contributed by atoms with Crippen LogP contribution in [-0.4, -0.2) is 49.8 Å². The Hall–Kier alpha value is -11.6. The summed E-state index contributed by atoms with van der Waals surface area (Å²) in [6.07, 6.45) is 11.0. The maximum Gasteiger partial charge on any atom is 0.164 e. The number of aromatic nitrogens is 10. The smallest absolute Gasteiger partial charge is 0.164 e. The van der Waals surface area contributed by atoms with E-state index in [4.69, 9.17) is 29.9 Å². The van der Waals surface area contributed by atoms with Gasteiger partial charge in [-0.3, -0.25) is 19.9 Å². The molecule has 10 nitrogen and oxygen atoms in total. The molecular formula is C74H44N10. The van der Waals surface area contributed by atoms with Crippen molar-refractivity contribution in [1.82, 2.24) is 49.8 Å². The molecule has 0 N–H and O–H groups in total. The second-order valence-corrected chi connectivity index (χ2v) is 20.8. The summed E-state index contributed by atoms with van der Waals surface area (Å²) in [5, 5.41) is 8.29. The minimum absolute atomic E-state index is 0.545. The lowest BCUT2D eigenvalue weighted by Gasteiger charge is -2.21. The van der Waals surface area contributed by atoms with Gasteiger partial charge in [-0.2, -0.15) is 0 Å². The van der Waals surface area contributed by atoms with E-state index in [2.05, 4.69) is 202 Å². The van der Waals surface area contributed by atoms with E-state index in [9.17, 15) is 0 Å². The van der Waals surface area contributed by atoms with E-state index < -0.39 is 0 Å². The molecule has 6 aromatic heterocycles. The lowest BCUT2D eigenvalue weighted by atomic mass is 9.83. The van der Waals surface area contributed by atoms with Crippen LogP contribution >= 0.6 is 0 Å². The van der Waals surface area contributed by atoms with Gasteiger partial charge in [-0.15, -0.1) is 0 Å². The molecule has 0 saturated heterocycles. The van der Waals surface area contributed by atoms with E-state index in [-0.39, 0.29) is 0 Å². The second kappa shape index (κ2) is 20.2. The molecule has 10 heteroatoms. The molecule has 0 spiro atoms. The molecule has 390 valence electrons. The zero-order chi connectivity index (χ0) is 55.5. The molecule has 16 rings (SSSR count). The number of rotatable bonds is 10. The van der Waals surface area contributed by atoms with Crippen LogP contribution in [0.2, 0.25) is 0 Å². The maximum atomic E-state index is 5.45. The van der Waals surface area contributed by atoms with Crippen LogP contribution in [0.4, 0.5) is 0 Å². The number of hydrogen-bond donors (Lipinski definition) is 0. The predicted molar refractivity (Wildman–Crippen MR) is 337 cm³/mol. The van der Waals surface area contributed by atoms with Crippen LogP contribution in [-0.2, 0) is 0 Å². The molecule has 16 aromatic rings. The van der Waals surface area contributed by atoms with Crippen LogP contribution in [0.1, 0.15) is 0 Å². The molecule has 10 aromatic carbocycles. The molecule has 0 saturated carbocycles. The highest BCUT2D eigenvalue weighted by Crippen LogP contribution is 2.48. The number of pyridine rings is 4. The molecule has 0 atom stereocenters. The van der Waals surface area contributed by atoms with Crippen LogP contribution in [0, 0.1) is 0 Å². The van der Waals surface area contributed by atoms with Crippen molar-refractivity contribution < 1.29 is 0 Å². The quantitative estimate of drug-likeness (QED) is 0.122. The van der Waals surface area contributed by atoms with E-state index in [1.54, 1.807) is 12.4 Å². The fourth-order valence-corrected chi connectivity index (χ4v) is 11.7. The molecule has 0 amide bonds. The fraction of sp³-hybridized carbons (Fsp3) is 0. The molecule has 0 aliphatic heterocycles. The van der Waals surface area contributed by atoms with E-state index in [0.29, 0.717) is 34.9 Å². The summed E-state index contributed by atoms with van der Waals surface area (Å²) < 4.78 is 0. The van der Waals surface area contributed by atoms with Gasteiger partial charge in [0.05, 0.1) is 11.0 Å². The van der Waals surface area contributed by atoms with Crippen molar-refractivity contribution in [2.75, 3.05) is 0 Å². The third-order valence-electron chi connectivity index (χ3n) is 15.8. The van der Waals surface area contributed by atoms with Crippen molar-refractivity contribution in [3.05, 3.63) is 268 Å². The van der Waals surface area contributed by atoms with Gasteiger partial charge in [-0.05, 0) is 150 Å². The van der Waals surface area contributed by atoms with Crippen molar-refractivity contribution in [2.45, 2.75) is 0 Å². The fourth-order valence-electron chi connectivity index (χ4n) is 11.7. The van der Waals surface area contributed by atoms with Gasteiger partial charge in [-0.25, -0.2) is 29.9 Å². The summed E-state index contributed by atoms with van der Waals surface area (Å²) in [5.74, 6) is 3.29. The highest BCUT2D eigenvalue weighted by atomic mass is 15.0. The molecule has 6 heterocycles. The largest absolute Gasteiger partial charge is 0.264 e. The zero-order valence-electron chi connectivity index (χ0n) is 44.9. The summed E-state index contributed by atoms with van der Waals surface area (Å²) in [6, 6.07) is 79.8. The highest BCUT2D eigenvalue weighted by Gasteiger charge is 2.25. The Balaban J connectivity index is 0.964. The molecule has 84 heavy (non-hydrogen) atoms. The van der Waals surface area contributed by atoms with E-state index >= 15 is 0 Å². The average molecular weight is 1070 g/mol. The summed E-state index contributed by atoms with van der Waals surface area (Å²) in [6.45, 7) is 0. The number of benzene rings is 10. The topological polar surface area (TPSA) is 129 Å². The maximum absolute atomic E-state index is 5.45. The minimum atomic E-state index is 0.545. The highest BCUT2D eigenvalue weighted by molar-refractivity contribution is 6.31. The lowest BCUT2D eigenvalue weighted by molar-refractivity contribution is 1.08. The van der Waals surface area contributed by atoms with Crippen molar-refractivity contribution in [3.8, 4) is 113 Å². The summed E-state index contributed by atoms with van der Waals surface area (Å²) in [4.78, 5) is 50.3. The first-order valence-corrected chi connectivity index (χ1v) is 27.7. The van der Waals surface area contributed by atoms with Gasteiger partial charge >= 0.3 is 0 Å².